The second kappa shape index (κ2) is 12.5. The van der Waals surface area contributed by atoms with Crippen LogP contribution >= 0.6 is 0 Å². The number of aromatic nitrogens is 3. The molecule has 0 amide bonds. The number of halogens is 1. The summed E-state index contributed by atoms with van der Waals surface area (Å²) in [6, 6.07) is 11.8. The minimum atomic E-state index is -0.272. The van der Waals surface area contributed by atoms with Gasteiger partial charge in [-0.15, -0.1) is 0 Å². The Morgan fingerprint density at radius 2 is 1.47 bits per heavy atom. The predicted molar refractivity (Wildman–Crippen MR) is 147 cm³/mol. The van der Waals surface area contributed by atoms with Gasteiger partial charge in [0.05, 0.1) is 13.3 Å². The van der Waals surface area contributed by atoms with Crippen LogP contribution in [0.2, 0.25) is 0 Å². The zero-order chi connectivity index (χ0) is 26.2. The van der Waals surface area contributed by atoms with Gasteiger partial charge in [0.15, 0.2) is 11.5 Å². The highest BCUT2D eigenvalue weighted by Gasteiger charge is 2.20. The van der Waals surface area contributed by atoms with Crippen molar-refractivity contribution < 1.29 is 13.9 Å². The van der Waals surface area contributed by atoms with Crippen LogP contribution in [0.25, 0.3) is 0 Å². The molecule has 3 heterocycles. The Morgan fingerprint density at radius 3 is 2.08 bits per heavy atom. The fourth-order valence-electron chi connectivity index (χ4n) is 4.66. The summed E-state index contributed by atoms with van der Waals surface area (Å²) in [4.78, 5) is 18.6. The first-order valence-electron chi connectivity index (χ1n) is 13.3. The van der Waals surface area contributed by atoms with Crippen LogP contribution in [0, 0.1) is 5.82 Å². The minimum Gasteiger partial charge on any atom is -0.493 e. The first-order valence-corrected chi connectivity index (χ1v) is 13.3. The fourth-order valence-corrected chi connectivity index (χ4v) is 4.66. The Bertz CT molecular complexity index is 1190. The monoisotopic (exact) mass is 519 g/mol. The van der Waals surface area contributed by atoms with Gasteiger partial charge in [-0.1, -0.05) is 12.1 Å². The van der Waals surface area contributed by atoms with Gasteiger partial charge in [0.2, 0.25) is 17.8 Å². The highest BCUT2D eigenvalue weighted by Crippen LogP contribution is 2.28. The number of piperidine rings is 2. The number of nitrogens with one attached hydrogen (secondary N) is 1. The number of anilines is 3. The van der Waals surface area contributed by atoms with Crippen molar-refractivity contribution in [3.05, 3.63) is 59.4 Å². The first kappa shape index (κ1) is 25.7. The van der Waals surface area contributed by atoms with E-state index in [1.54, 1.807) is 25.5 Å². The normalized spacial score (nSPS) is 16.1. The van der Waals surface area contributed by atoms with Crippen molar-refractivity contribution in [2.24, 2.45) is 5.10 Å². The Balaban J connectivity index is 1.28. The summed E-state index contributed by atoms with van der Waals surface area (Å²) < 4.78 is 24.5. The molecule has 0 atom stereocenters. The number of benzene rings is 2. The van der Waals surface area contributed by atoms with Crippen LogP contribution in [-0.4, -0.2) is 54.5 Å². The van der Waals surface area contributed by atoms with Crippen LogP contribution in [0.3, 0.4) is 0 Å². The smallest absolute Gasteiger partial charge is 0.250 e. The summed E-state index contributed by atoms with van der Waals surface area (Å²) in [5.41, 5.74) is 4.70. The summed E-state index contributed by atoms with van der Waals surface area (Å²) in [6.45, 7) is 4.15. The number of nitrogens with zero attached hydrogens (tertiary/aromatic N) is 6. The third-order valence-corrected chi connectivity index (χ3v) is 6.76. The van der Waals surface area contributed by atoms with Gasteiger partial charge in [0.1, 0.15) is 12.4 Å². The van der Waals surface area contributed by atoms with Gasteiger partial charge in [0, 0.05) is 26.2 Å². The van der Waals surface area contributed by atoms with E-state index in [1.165, 1.54) is 25.0 Å². The van der Waals surface area contributed by atoms with E-state index in [-0.39, 0.29) is 5.82 Å². The standard InChI is InChI=1S/C28H34FN7O2/c1-37-25-18-22(10-13-24(25)38-20-21-8-11-23(29)12-9-21)19-30-34-26-31-27(35-14-4-2-5-15-35)33-28(32-26)36-16-6-3-7-17-36/h8-13,18-19H,2-7,14-17,20H2,1H3,(H,31,32,33,34)/b30-19-. The van der Waals surface area contributed by atoms with Gasteiger partial charge in [-0.3, -0.25) is 0 Å². The lowest BCUT2D eigenvalue weighted by atomic mass is 10.1. The average molecular weight is 520 g/mol. The number of hydrogen-bond acceptors (Lipinski definition) is 9. The fraction of sp³-hybridized carbons (Fsp3) is 0.429. The highest BCUT2D eigenvalue weighted by molar-refractivity contribution is 5.81. The molecule has 0 spiro atoms. The van der Waals surface area contributed by atoms with E-state index in [4.69, 9.17) is 14.5 Å². The molecule has 0 unspecified atom stereocenters. The summed E-state index contributed by atoms with van der Waals surface area (Å²) in [7, 11) is 1.59. The number of ether oxygens (including phenoxy) is 2. The molecule has 9 nitrogen and oxygen atoms in total. The Kier molecular flexibility index (Phi) is 8.47. The molecule has 5 rings (SSSR count). The topological polar surface area (TPSA) is 88.0 Å². The molecule has 2 aromatic carbocycles. The number of methoxy groups -OCH3 is 1. The van der Waals surface area contributed by atoms with Gasteiger partial charge in [0.25, 0.3) is 0 Å². The molecule has 0 bridgehead atoms. The molecule has 200 valence electrons. The molecule has 38 heavy (non-hydrogen) atoms. The lowest BCUT2D eigenvalue weighted by Gasteiger charge is -2.30. The van der Waals surface area contributed by atoms with Gasteiger partial charge in [-0.25, -0.2) is 9.82 Å². The molecule has 3 aromatic rings. The molecule has 2 aliphatic heterocycles. The maximum Gasteiger partial charge on any atom is 0.250 e. The van der Waals surface area contributed by atoms with Gasteiger partial charge < -0.3 is 19.3 Å². The molecule has 2 saturated heterocycles. The lowest BCUT2D eigenvalue weighted by Crippen LogP contribution is -2.34. The van der Waals surface area contributed by atoms with E-state index < -0.39 is 0 Å². The van der Waals surface area contributed by atoms with Crippen LogP contribution in [0.1, 0.15) is 49.7 Å². The van der Waals surface area contributed by atoms with Crippen LogP contribution in [0.4, 0.5) is 22.2 Å². The maximum absolute atomic E-state index is 13.1. The van der Waals surface area contributed by atoms with Crippen LogP contribution in [0.5, 0.6) is 11.5 Å². The zero-order valence-electron chi connectivity index (χ0n) is 21.8. The number of rotatable bonds is 9. The zero-order valence-corrected chi connectivity index (χ0v) is 21.8. The predicted octanol–water partition coefficient (Wildman–Crippen LogP) is 5.02. The molecular weight excluding hydrogens is 485 g/mol. The van der Waals surface area contributed by atoms with Crippen molar-refractivity contribution in [3.63, 3.8) is 0 Å². The minimum absolute atomic E-state index is 0.272. The van der Waals surface area contributed by atoms with Crippen LogP contribution in [-0.2, 0) is 6.61 Å². The molecular formula is C28H34FN7O2. The van der Waals surface area contributed by atoms with Crippen molar-refractivity contribution >= 4 is 24.1 Å². The van der Waals surface area contributed by atoms with E-state index in [0.29, 0.717) is 36.0 Å². The Labute approximate surface area is 222 Å². The van der Waals surface area contributed by atoms with E-state index in [1.807, 2.05) is 18.2 Å². The summed E-state index contributed by atoms with van der Waals surface area (Å²) >= 11 is 0. The molecule has 0 aliphatic carbocycles. The van der Waals surface area contributed by atoms with Crippen LogP contribution < -0.4 is 24.7 Å². The molecule has 10 heteroatoms. The van der Waals surface area contributed by atoms with Gasteiger partial charge in [-0.2, -0.15) is 20.1 Å². The Morgan fingerprint density at radius 1 is 0.842 bits per heavy atom. The first-order chi connectivity index (χ1) is 18.7. The summed E-state index contributed by atoms with van der Waals surface area (Å²) in [6.07, 6.45) is 8.78. The van der Waals surface area contributed by atoms with Crippen molar-refractivity contribution in [3.8, 4) is 11.5 Å². The van der Waals surface area contributed by atoms with Crippen molar-refractivity contribution in [2.75, 3.05) is 48.5 Å². The maximum atomic E-state index is 13.1. The van der Waals surface area contributed by atoms with E-state index in [9.17, 15) is 4.39 Å². The number of hydrazone groups is 1. The largest absolute Gasteiger partial charge is 0.493 e. The number of hydrogen-bond donors (Lipinski definition) is 1. The van der Waals surface area contributed by atoms with Crippen LogP contribution in [0.15, 0.2) is 47.6 Å². The highest BCUT2D eigenvalue weighted by atomic mass is 19.1. The van der Waals surface area contributed by atoms with E-state index in [2.05, 4.69) is 30.3 Å². The van der Waals surface area contributed by atoms with Crippen molar-refractivity contribution in [1.82, 2.24) is 15.0 Å². The van der Waals surface area contributed by atoms with E-state index in [0.717, 1.165) is 63.0 Å². The van der Waals surface area contributed by atoms with Crippen molar-refractivity contribution in [1.29, 1.82) is 0 Å². The average Bonchev–Trinajstić information content (AvgIpc) is 2.98. The molecule has 1 N–H and O–H groups in total. The third-order valence-electron chi connectivity index (χ3n) is 6.76. The van der Waals surface area contributed by atoms with Gasteiger partial charge >= 0.3 is 0 Å². The molecule has 0 saturated carbocycles. The van der Waals surface area contributed by atoms with Gasteiger partial charge in [-0.05, 0) is 80.0 Å². The second-order valence-electron chi connectivity index (χ2n) is 9.55. The second-order valence-corrected chi connectivity index (χ2v) is 9.55. The molecule has 0 radical (unpaired) electrons. The summed E-state index contributed by atoms with van der Waals surface area (Å²) in [5.74, 6) is 2.76. The van der Waals surface area contributed by atoms with Crippen molar-refractivity contribution in [2.45, 2.75) is 45.1 Å². The molecule has 2 aliphatic rings. The SMILES string of the molecule is COc1cc(/C=N\Nc2nc(N3CCCCC3)nc(N3CCCCC3)n2)ccc1OCc1ccc(F)cc1. The summed E-state index contributed by atoms with van der Waals surface area (Å²) in [5, 5.41) is 4.39. The third kappa shape index (κ3) is 6.67. The van der Waals surface area contributed by atoms with E-state index >= 15 is 0 Å². The molecule has 2 fully saturated rings. The molecule has 1 aromatic heterocycles. The quantitative estimate of drug-likeness (QED) is 0.311. The Hall–Kier alpha value is -3.95. The lowest BCUT2D eigenvalue weighted by molar-refractivity contribution is 0.284.